The lowest BCUT2D eigenvalue weighted by Crippen LogP contribution is -2.58. The van der Waals surface area contributed by atoms with E-state index in [1.165, 1.54) is 0 Å². The summed E-state index contributed by atoms with van der Waals surface area (Å²) in [5.74, 6) is 1.66. The molecule has 5 atom stereocenters. The van der Waals surface area contributed by atoms with Gasteiger partial charge in [0, 0.05) is 36.9 Å². The first-order valence-corrected chi connectivity index (χ1v) is 15.1. The number of benzene rings is 3. The number of rotatable bonds is 7. The van der Waals surface area contributed by atoms with Crippen molar-refractivity contribution in [2.24, 2.45) is 11.8 Å². The zero-order valence-corrected chi connectivity index (χ0v) is 25.0. The molecule has 2 saturated heterocycles. The first-order valence-electron chi connectivity index (χ1n) is 15.1. The minimum Gasteiger partial charge on any atom is -0.493 e. The van der Waals surface area contributed by atoms with Crippen LogP contribution in [0.3, 0.4) is 0 Å². The monoisotopic (exact) mass is 584 g/mol. The summed E-state index contributed by atoms with van der Waals surface area (Å²) in [5, 5.41) is 2.87. The van der Waals surface area contributed by atoms with Crippen molar-refractivity contribution < 1.29 is 28.5 Å². The van der Waals surface area contributed by atoms with Gasteiger partial charge in [-0.3, -0.25) is 4.79 Å². The second-order valence-electron chi connectivity index (χ2n) is 12.3. The van der Waals surface area contributed by atoms with Gasteiger partial charge in [0.1, 0.15) is 18.2 Å². The molecular formula is C35H40N2O6. The highest BCUT2D eigenvalue weighted by atomic mass is 16.6. The average Bonchev–Trinajstić information content (AvgIpc) is 3.03. The van der Waals surface area contributed by atoms with Gasteiger partial charge in [-0.15, -0.1) is 0 Å². The number of carbonyl (C=O) groups is 2. The number of piperidine rings is 1. The van der Waals surface area contributed by atoms with Crippen LogP contribution in [-0.4, -0.2) is 54.8 Å². The lowest BCUT2D eigenvalue weighted by Gasteiger charge is -2.53. The Labute approximate surface area is 253 Å². The summed E-state index contributed by atoms with van der Waals surface area (Å²) in [6, 6.07) is 24.5. The Morgan fingerprint density at radius 3 is 2.44 bits per heavy atom. The number of amides is 2. The molecule has 3 aromatic rings. The van der Waals surface area contributed by atoms with Crippen LogP contribution in [0.4, 0.5) is 4.79 Å². The van der Waals surface area contributed by atoms with E-state index < -0.39 is 17.7 Å². The largest absolute Gasteiger partial charge is 0.493 e. The number of nitrogens with zero attached hydrogens (tertiary/aromatic N) is 1. The maximum Gasteiger partial charge on any atom is 0.408 e. The lowest BCUT2D eigenvalue weighted by molar-refractivity contribution is -0.189. The van der Waals surface area contributed by atoms with E-state index in [1.807, 2.05) is 77.7 Å². The molecule has 1 N–H and O–H groups in total. The molecule has 2 fully saturated rings. The van der Waals surface area contributed by atoms with Gasteiger partial charge in [0.2, 0.25) is 5.91 Å². The zero-order valence-electron chi connectivity index (χ0n) is 25.0. The van der Waals surface area contributed by atoms with E-state index in [0.717, 1.165) is 41.0 Å². The Bertz CT molecular complexity index is 1430. The third-order valence-electron chi connectivity index (χ3n) is 9.10. The highest BCUT2D eigenvalue weighted by molar-refractivity contribution is 5.86. The van der Waals surface area contributed by atoms with Crippen LogP contribution in [0.15, 0.2) is 78.9 Å². The number of para-hydroxylation sites is 1. The van der Waals surface area contributed by atoms with Crippen molar-refractivity contribution in [1.82, 2.24) is 10.2 Å². The van der Waals surface area contributed by atoms with Crippen molar-refractivity contribution in [2.45, 2.75) is 63.6 Å². The maximum absolute atomic E-state index is 14.0. The van der Waals surface area contributed by atoms with Gasteiger partial charge in [-0.25, -0.2) is 4.79 Å². The molecule has 3 aliphatic heterocycles. The van der Waals surface area contributed by atoms with Crippen molar-refractivity contribution in [2.75, 3.05) is 20.2 Å². The molecule has 0 unspecified atom stereocenters. The molecule has 43 heavy (non-hydrogen) atoms. The SMILES string of the molecule is COc1cccc2c1OC(C)(C)[C@H]1C[C@@H]3CN(C(=O)[C@H](Cc4ccccc4)NC(=O)OCc4ccccc4)CC[C@@H]3O[C@H]21. The topological polar surface area (TPSA) is 86.3 Å². The van der Waals surface area contributed by atoms with Crippen LogP contribution in [0.2, 0.25) is 0 Å². The zero-order chi connectivity index (χ0) is 30.0. The fraction of sp³-hybridized carbons (Fsp3) is 0.429. The Balaban J connectivity index is 1.16. The van der Waals surface area contributed by atoms with Gasteiger partial charge >= 0.3 is 6.09 Å². The summed E-state index contributed by atoms with van der Waals surface area (Å²) in [6.07, 6.45) is 1.33. The van der Waals surface area contributed by atoms with Crippen LogP contribution in [0.25, 0.3) is 0 Å². The highest BCUT2D eigenvalue weighted by Crippen LogP contribution is 2.55. The van der Waals surface area contributed by atoms with Gasteiger partial charge in [0.15, 0.2) is 11.5 Å². The quantitative estimate of drug-likeness (QED) is 0.384. The van der Waals surface area contributed by atoms with E-state index in [4.69, 9.17) is 18.9 Å². The van der Waals surface area contributed by atoms with Crippen molar-refractivity contribution in [3.05, 3.63) is 95.6 Å². The Morgan fingerprint density at radius 1 is 1.00 bits per heavy atom. The second kappa shape index (κ2) is 12.3. The van der Waals surface area contributed by atoms with Crippen LogP contribution in [0.5, 0.6) is 11.5 Å². The second-order valence-corrected chi connectivity index (χ2v) is 12.3. The Hall–Kier alpha value is -4.04. The van der Waals surface area contributed by atoms with Crippen molar-refractivity contribution in [1.29, 1.82) is 0 Å². The van der Waals surface area contributed by atoms with Gasteiger partial charge in [-0.05, 0) is 43.9 Å². The minimum atomic E-state index is -0.742. The van der Waals surface area contributed by atoms with E-state index >= 15 is 0 Å². The maximum atomic E-state index is 14.0. The van der Waals surface area contributed by atoms with E-state index in [1.54, 1.807) is 7.11 Å². The van der Waals surface area contributed by atoms with E-state index in [-0.39, 0.29) is 36.6 Å². The molecular weight excluding hydrogens is 544 g/mol. The van der Waals surface area contributed by atoms with E-state index in [0.29, 0.717) is 19.5 Å². The molecule has 8 heteroatoms. The Morgan fingerprint density at radius 2 is 1.72 bits per heavy atom. The fourth-order valence-corrected chi connectivity index (χ4v) is 6.83. The standard InChI is InChI=1S/C35H40N2O6/c1-35(2)27-20-25-21-37(18-17-29(25)42-31(27)26-15-10-16-30(40-3)32(26)43-35)33(38)28(19-23-11-6-4-7-12-23)36-34(39)41-22-24-13-8-5-9-14-24/h4-16,25,27-29,31H,17-22H2,1-3H3,(H,36,39)/t25-,27+,28+,29+,31-/m1/s1. The summed E-state index contributed by atoms with van der Waals surface area (Å²) in [4.78, 5) is 28.8. The predicted octanol–water partition coefficient (Wildman–Crippen LogP) is 5.70. The smallest absolute Gasteiger partial charge is 0.408 e. The molecule has 0 aromatic heterocycles. The molecule has 3 aliphatic rings. The summed E-state index contributed by atoms with van der Waals surface area (Å²) < 4.78 is 24.4. The molecule has 6 rings (SSSR count). The summed E-state index contributed by atoms with van der Waals surface area (Å²) in [5.41, 5.74) is 2.42. The van der Waals surface area contributed by atoms with Crippen molar-refractivity contribution >= 4 is 12.0 Å². The molecule has 0 saturated carbocycles. The van der Waals surface area contributed by atoms with E-state index in [2.05, 4.69) is 25.2 Å². The number of fused-ring (bicyclic) bond motifs is 4. The number of nitrogens with one attached hydrogen (secondary N) is 1. The van der Waals surface area contributed by atoms with Crippen LogP contribution < -0.4 is 14.8 Å². The van der Waals surface area contributed by atoms with Crippen molar-refractivity contribution in [3.63, 3.8) is 0 Å². The van der Waals surface area contributed by atoms with Crippen LogP contribution in [0.1, 0.15) is 49.5 Å². The third kappa shape index (κ3) is 6.20. The van der Waals surface area contributed by atoms with Crippen LogP contribution in [-0.2, 0) is 27.3 Å². The molecule has 3 aromatic carbocycles. The van der Waals surface area contributed by atoms with E-state index in [9.17, 15) is 9.59 Å². The van der Waals surface area contributed by atoms with Crippen LogP contribution in [0, 0.1) is 11.8 Å². The Kier molecular flexibility index (Phi) is 8.30. The molecule has 0 aliphatic carbocycles. The molecule has 0 bridgehead atoms. The van der Waals surface area contributed by atoms with Gasteiger partial charge in [0.25, 0.3) is 0 Å². The van der Waals surface area contributed by atoms with Gasteiger partial charge < -0.3 is 29.2 Å². The lowest BCUT2D eigenvalue weighted by atomic mass is 9.70. The minimum absolute atomic E-state index is 0.0367. The van der Waals surface area contributed by atoms with Gasteiger partial charge in [-0.2, -0.15) is 0 Å². The first kappa shape index (κ1) is 29.1. The summed E-state index contributed by atoms with van der Waals surface area (Å²) in [6.45, 7) is 5.49. The molecule has 0 spiro atoms. The molecule has 8 nitrogen and oxygen atoms in total. The first-order chi connectivity index (χ1) is 20.8. The predicted molar refractivity (Wildman–Crippen MR) is 162 cm³/mol. The van der Waals surface area contributed by atoms with Crippen molar-refractivity contribution in [3.8, 4) is 11.5 Å². The van der Waals surface area contributed by atoms with Crippen LogP contribution >= 0.6 is 0 Å². The number of hydrogen-bond acceptors (Lipinski definition) is 6. The summed E-state index contributed by atoms with van der Waals surface area (Å²) >= 11 is 0. The fourth-order valence-electron chi connectivity index (χ4n) is 6.83. The number of ether oxygens (including phenoxy) is 4. The normalized spacial score (nSPS) is 24.3. The number of likely N-dealkylation sites (tertiary alicyclic amines) is 1. The average molecular weight is 585 g/mol. The number of hydrogen-bond donors (Lipinski definition) is 1. The number of methoxy groups -OCH3 is 1. The molecule has 2 amide bonds. The number of carbonyl (C=O) groups excluding carboxylic acids is 2. The van der Waals surface area contributed by atoms with Gasteiger partial charge in [-0.1, -0.05) is 72.8 Å². The highest BCUT2D eigenvalue weighted by Gasteiger charge is 2.52. The molecule has 0 radical (unpaired) electrons. The summed E-state index contributed by atoms with van der Waals surface area (Å²) in [7, 11) is 1.66. The third-order valence-corrected chi connectivity index (χ3v) is 9.10. The molecule has 3 heterocycles. The van der Waals surface area contributed by atoms with Gasteiger partial charge in [0.05, 0.1) is 19.3 Å². The molecule has 226 valence electrons. The number of alkyl carbamates (subject to hydrolysis) is 1.